The minimum atomic E-state index is -1.01. The molecule has 0 saturated heterocycles. The Morgan fingerprint density at radius 3 is 2.88 bits per heavy atom. The highest BCUT2D eigenvalue weighted by atomic mass is 16.5. The molecule has 2 heterocycles. The Kier molecular flexibility index (Phi) is 4.65. The van der Waals surface area contributed by atoms with Crippen molar-refractivity contribution in [3.05, 3.63) is 66.0 Å². The highest BCUT2D eigenvalue weighted by Gasteiger charge is 2.21. The minimum absolute atomic E-state index is 0.238. The topological polar surface area (TPSA) is 92.9 Å². The molecule has 0 aliphatic rings. The standard InChI is InChI=1S/C18H17N3O4/c1-25-13-6-4-5-12(9-13)15(10-17(22)23)20-18(24)14-11-19-21-8-3-2-7-16(14)21/h2-9,11,15H,10H2,1H3,(H,20,24)(H,22,23). The molecule has 1 amide bonds. The minimum Gasteiger partial charge on any atom is -0.497 e. The quantitative estimate of drug-likeness (QED) is 0.719. The number of carbonyl (C=O) groups is 2. The molecule has 3 aromatic rings. The Hall–Kier alpha value is -3.35. The number of hydrogen-bond acceptors (Lipinski definition) is 4. The second-order valence-electron chi connectivity index (χ2n) is 5.49. The fourth-order valence-electron chi connectivity index (χ4n) is 2.63. The van der Waals surface area contributed by atoms with Crippen LogP contribution in [0.25, 0.3) is 5.52 Å². The van der Waals surface area contributed by atoms with Crippen molar-refractivity contribution in [2.45, 2.75) is 12.5 Å². The lowest BCUT2D eigenvalue weighted by atomic mass is 10.0. The van der Waals surface area contributed by atoms with Gasteiger partial charge in [0, 0.05) is 6.20 Å². The van der Waals surface area contributed by atoms with Crippen molar-refractivity contribution in [3.63, 3.8) is 0 Å². The molecule has 0 bridgehead atoms. The first-order valence-electron chi connectivity index (χ1n) is 7.67. The van der Waals surface area contributed by atoms with E-state index in [1.54, 1.807) is 41.0 Å². The summed E-state index contributed by atoms with van der Waals surface area (Å²) in [6.45, 7) is 0. The second-order valence-corrected chi connectivity index (χ2v) is 5.49. The van der Waals surface area contributed by atoms with Crippen LogP contribution in [0, 0.1) is 0 Å². The number of nitrogens with zero attached hydrogens (tertiary/aromatic N) is 2. The van der Waals surface area contributed by atoms with Crippen molar-refractivity contribution < 1.29 is 19.4 Å². The predicted molar refractivity (Wildman–Crippen MR) is 90.6 cm³/mol. The summed E-state index contributed by atoms with van der Waals surface area (Å²) >= 11 is 0. The molecule has 2 N–H and O–H groups in total. The van der Waals surface area contributed by atoms with Gasteiger partial charge in [0.1, 0.15) is 5.75 Å². The molecule has 25 heavy (non-hydrogen) atoms. The SMILES string of the molecule is COc1cccc(C(CC(=O)O)NC(=O)c2cnn3ccccc23)c1. The molecule has 7 heteroatoms. The van der Waals surface area contributed by atoms with Crippen molar-refractivity contribution in [3.8, 4) is 5.75 Å². The van der Waals surface area contributed by atoms with E-state index < -0.39 is 12.0 Å². The van der Waals surface area contributed by atoms with Crippen molar-refractivity contribution >= 4 is 17.4 Å². The maximum absolute atomic E-state index is 12.7. The van der Waals surface area contributed by atoms with E-state index in [1.165, 1.54) is 13.3 Å². The largest absolute Gasteiger partial charge is 0.497 e. The molecule has 2 aromatic heterocycles. The zero-order chi connectivity index (χ0) is 17.8. The molecule has 1 aromatic carbocycles. The van der Waals surface area contributed by atoms with E-state index in [0.717, 1.165) is 0 Å². The summed E-state index contributed by atoms with van der Waals surface area (Å²) in [5, 5.41) is 16.1. The van der Waals surface area contributed by atoms with Gasteiger partial charge in [-0.2, -0.15) is 5.10 Å². The lowest BCUT2D eigenvalue weighted by Crippen LogP contribution is -2.30. The zero-order valence-electron chi connectivity index (χ0n) is 13.5. The second kappa shape index (κ2) is 7.04. The number of ether oxygens (including phenoxy) is 1. The summed E-state index contributed by atoms with van der Waals surface area (Å²) in [6, 6.07) is 11.7. The van der Waals surface area contributed by atoms with Crippen LogP contribution < -0.4 is 10.1 Å². The van der Waals surface area contributed by atoms with Gasteiger partial charge in [-0.3, -0.25) is 9.59 Å². The molecule has 1 atom stereocenters. The number of aliphatic carboxylic acids is 1. The number of amides is 1. The Labute approximate surface area is 143 Å². The third-order valence-corrected chi connectivity index (χ3v) is 3.85. The van der Waals surface area contributed by atoms with Crippen LogP contribution in [0.15, 0.2) is 54.9 Å². The number of carboxylic acid groups (broad SMARTS) is 1. The van der Waals surface area contributed by atoms with Crippen LogP contribution in [0.3, 0.4) is 0 Å². The van der Waals surface area contributed by atoms with E-state index in [1.807, 2.05) is 12.1 Å². The fourth-order valence-corrected chi connectivity index (χ4v) is 2.63. The zero-order valence-corrected chi connectivity index (χ0v) is 13.5. The Bertz CT molecular complexity index is 919. The molecule has 0 radical (unpaired) electrons. The first kappa shape index (κ1) is 16.5. The monoisotopic (exact) mass is 339 g/mol. The van der Waals surface area contributed by atoms with Crippen LogP contribution in [0.5, 0.6) is 5.75 Å². The number of benzene rings is 1. The maximum atomic E-state index is 12.7. The number of pyridine rings is 1. The first-order chi connectivity index (χ1) is 12.1. The van der Waals surface area contributed by atoms with Crippen LogP contribution in [0.2, 0.25) is 0 Å². The third-order valence-electron chi connectivity index (χ3n) is 3.85. The van der Waals surface area contributed by atoms with E-state index >= 15 is 0 Å². The summed E-state index contributed by atoms with van der Waals surface area (Å²) in [4.78, 5) is 23.9. The molecule has 1 unspecified atom stereocenters. The van der Waals surface area contributed by atoms with Gasteiger partial charge in [0.15, 0.2) is 0 Å². The lowest BCUT2D eigenvalue weighted by molar-refractivity contribution is -0.137. The summed E-state index contributed by atoms with van der Waals surface area (Å²) in [5.74, 6) is -0.790. The Morgan fingerprint density at radius 2 is 2.12 bits per heavy atom. The average molecular weight is 339 g/mol. The van der Waals surface area contributed by atoms with E-state index in [2.05, 4.69) is 10.4 Å². The molecular formula is C18H17N3O4. The molecule has 7 nitrogen and oxygen atoms in total. The van der Waals surface area contributed by atoms with Crippen molar-refractivity contribution in [1.82, 2.24) is 14.9 Å². The van der Waals surface area contributed by atoms with Crippen molar-refractivity contribution in [2.24, 2.45) is 0 Å². The number of rotatable bonds is 6. The Balaban J connectivity index is 1.89. The molecule has 0 fully saturated rings. The van der Waals surface area contributed by atoms with Crippen LogP contribution in [-0.2, 0) is 4.79 Å². The van der Waals surface area contributed by atoms with Gasteiger partial charge in [-0.05, 0) is 29.8 Å². The smallest absolute Gasteiger partial charge is 0.305 e. The van der Waals surface area contributed by atoms with Gasteiger partial charge in [0.05, 0.1) is 36.8 Å². The lowest BCUT2D eigenvalue weighted by Gasteiger charge is -2.18. The van der Waals surface area contributed by atoms with E-state index in [9.17, 15) is 14.7 Å². The maximum Gasteiger partial charge on any atom is 0.305 e. The molecule has 0 spiro atoms. The molecular weight excluding hydrogens is 322 g/mol. The normalized spacial score (nSPS) is 11.9. The van der Waals surface area contributed by atoms with Gasteiger partial charge in [-0.15, -0.1) is 0 Å². The molecule has 0 aliphatic heterocycles. The van der Waals surface area contributed by atoms with Gasteiger partial charge >= 0.3 is 5.97 Å². The summed E-state index contributed by atoms with van der Waals surface area (Å²) in [5.41, 5.74) is 1.70. The summed E-state index contributed by atoms with van der Waals surface area (Å²) < 4.78 is 6.76. The number of nitrogens with one attached hydrogen (secondary N) is 1. The van der Waals surface area contributed by atoms with Crippen LogP contribution in [0.4, 0.5) is 0 Å². The fraction of sp³-hybridized carbons (Fsp3) is 0.167. The van der Waals surface area contributed by atoms with Crippen molar-refractivity contribution in [2.75, 3.05) is 7.11 Å². The van der Waals surface area contributed by atoms with Gasteiger partial charge in [-0.25, -0.2) is 4.52 Å². The molecule has 128 valence electrons. The van der Waals surface area contributed by atoms with Gasteiger partial charge in [0.2, 0.25) is 0 Å². The number of carbonyl (C=O) groups excluding carboxylic acids is 1. The highest BCUT2D eigenvalue weighted by Crippen LogP contribution is 2.23. The van der Waals surface area contributed by atoms with Gasteiger partial charge in [0.25, 0.3) is 5.91 Å². The van der Waals surface area contributed by atoms with Crippen LogP contribution >= 0.6 is 0 Å². The third kappa shape index (κ3) is 3.60. The van der Waals surface area contributed by atoms with Gasteiger partial charge in [-0.1, -0.05) is 18.2 Å². The molecule has 0 aliphatic carbocycles. The van der Waals surface area contributed by atoms with Gasteiger partial charge < -0.3 is 15.2 Å². The van der Waals surface area contributed by atoms with Crippen molar-refractivity contribution in [1.29, 1.82) is 0 Å². The number of hydrogen-bond donors (Lipinski definition) is 2. The van der Waals surface area contributed by atoms with Crippen LogP contribution in [0.1, 0.15) is 28.4 Å². The summed E-state index contributed by atoms with van der Waals surface area (Å²) in [6.07, 6.45) is 2.97. The average Bonchev–Trinajstić information content (AvgIpc) is 3.05. The number of aromatic nitrogens is 2. The van der Waals surface area contributed by atoms with E-state index in [-0.39, 0.29) is 12.3 Å². The highest BCUT2D eigenvalue weighted by molar-refractivity contribution is 6.00. The number of methoxy groups -OCH3 is 1. The number of fused-ring (bicyclic) bond motifs is 1. The first-order valence-corrected chi connectivity index (χ1v) is 7.67. The van der Waals surface area contributed by atoms with E-state index in [0.29, 0.717) is 22.4 Å². The predicted octanol–water partition coefficient (Wildman–Crippen LogP) is 2.29. The molecule has 0 saturated carbocycles. The number of carboxylic acids is 1. The van der Waals surface area contributed by atoms with E-state index in [4.69, 9.17) is 4.74 Å². The van der Waals surface area contributed by atoms with Crippen LogP contribution in [-0.4, -0.2) is 33.7 Å². The Morgan fingerprint density at radius 1 is 1.28 bits per heavy atom. The molecule has 3 rings (SSSR count). The summed E-state index contributed by atoms with van der Waals surface area (Å²) in [7, 11) is 1.53.